The minimum atomic E-state index is -0.0858. The predicted molar refractivity (Wildman–Crippen MR) is 60.3 cm³/mol. The zero-order valence-corrected chi connectivity index (χ0v) is 9.62. The van der Waals surface area contributed by atoms with E-state index in [0.29, 0.717) is 11.0 Å². The predicted octanol–water partition coefficient (Wildman–Crippen LogP) is 2.19. The second kappa shape index (κ2) is 6.09. The van der Waals surface area contributed by atoms with Gasteiger partial charge in [-0.3, -0.25) is 4.79 Å². The van der Waals surface area contributed by atoms with E-state index in [2.05, 4.69) is 9.97 Å². The van der Waals surface area contributed by atoms with Crippen molar-refractivity contribution in [1.29, 1.82) is 0 Å². The SMILES string of the molecule is Cc1cc(=O)[nH]c(SCCCCCl)n1. The molecule has 0 saturated heterocycles. The lowest BCUT2D eigenvalue weighted by Gasteiger charge is -2.00. The third kappa shape index (κ3) is 4.15. The van der Waals surface area contributed by atoms with Gasteiger partial charge in [0.1, 0.15) is 0 Å². The van der Waals surface area contributed by atoms with Crippen LogP contribution in [0.2, 0.25) is 0 Å². The number of aryl methyl sites for hydroxylation is 1. The van der Waals surface area contributed by atoms with Crippen molar-refractivity contribution in [3.63, 3.8) is 0 Å². The lowest BCUT2D eigenvalue weighted by atomic mass is 10.4. The van der Waals surface area contributed by atoms with Gasteiger partial charge in [-0.15, -0.1) is 11.6 Å². The summed E-state index contributed by atoms with van der Waals surface area (Å²) in [6, 6.07) is 1.49. The molecule has 0 amide bonds. The third-order valence-electron chi connectivity index (χ3n) is 1.61. The van der Waals surface area contributed by atoms with E-state index in [-0.39, 0.29) is 5.56 Å². The maximum Gasteiger partial charge on any atom is 0.251 e. The number of nitrogens with zero attached hydrogens (tertiary/aromatic N) is 1. The Morgan fingerprint density at radius 3 is 3.00 bits per heavy atom. The van der Waals surface area contributed by atoms with Crippen LogP contribution in [0, 0.1) is 6.92 Å². The highest BCUT2D eigenvalue weighted by Gasteiger charge is 1.98. The summed E-state index contributed by atoms with van der Waals surface area (Å²) in [6.07, 6.45) is 2.05. The summed E-state index contributed by atoms with van der Waals surface area (Å²) >= 11 is 7.11. The molecule has 1 aromatic heterocycles. The van der Waals surface area contributed by atoms with E-state index < -0.39 is 0 Å². The fourth-order valence-corrected chi connectivity index (χ4v) is 2.10. The summed E-state index contributed by atoms with van der Waals surface area (Å²) in [5.74, 6) is 1.64. The normalized spacial score (nSPS) is 10.4. The summed E-state index contributed by atoms with van der Waals surface area (Å²) in [7, 11) is 0. The van der Waals surface area contributed by atoms with Gasteiger partial charge in [-0.2, -0.15) is 0 Å². The van der Waals surface area contributed by atoms with E-state index in [1.807, 2.05) is 6.92 Å². The number of hydrogen-bond donors (Lipinski definition) is 1. The van der Waals surface area contributed by atoms with Crippen LogP contribution in [-0.4, -0.2) is 21.6 Å². The van der Waals surface area contributed by atoms with Gasteiger partial charge in [-0.05, 0) is 19.8 Å². The van der Waals surface area contributed by atoms with Crippen LogP contribution < -0.4 is 5.56 Å². The van der Waals surface area contributed by atoms with Crippen LogP contribution in [0.4, 0.5) is 0 Å². The van der Waals surface area contributed by atoms with E-state index in [4.69, 9.17) is 11.6 Å². The highest BCUT2D eigenvalue weighted by molar-refractivity contribution is 7.99. The van der Waals surface area contributed by atoms with Gasteiger partial charge >= 0.3 is 0 Å². The molecule has 0 fully saturated rings. The number of rotatable bonds is 5. The van der Waals surface area contributed by atoms with Gasteiger partial charge in [0.25, 0.3) is 5.56 Å². The van der Waals surface area contributed by atoms with E-state index in [1.54, 1.807) is 11.8 Å². The smallest absolute Gasteiger partial charge is 0.251 e. The van der Waals surface area contributed by atoms with Crippen LogP contribution in [0.3, 0.4) is 0 Å². The Morgan fingerprint density at radius 2 is 2.36 bits per heavy atom. The number of aromatic amines is 1. The second-order valence-electron chi connectivity index (χ2n) is 2.94. The number of H-pyrrole nitrogens is 1. The van der Waals surface area contributed by atoms with Gasteiger partial charge in [0, 0.05) is 23.4 Å². The fourth-order valence-electron chi connectivity index (χ4n) is 0.985. The second-order valence-corrected chi connectivity index (χ2v) is 4.40. The molecule has 0 bridgehead atoms. The van der Waals surface area contributed by atoms with Gasteiger partial charge in [0.2, 0.25) is 0 Å². The quantitative estimate of drug-likeness (QED) is 0.366. The molecule has 1 heterocycles. The molecular formula is C9H13ClN2OS. The van der Waals surface area contributed by atoms with Crippen molar-refractivity contribution in [3.8, 4) is 0 Å². The van der Waals surface area contributed by atoms with Crippen molar-refractivity contribution in [1.82, 2.24) is 9.97 Å². The summed E-state index contributed by atoms with van der Waals surface area (Å²) < 4.78 is 0. The van der Waals surface area contributed by atoms with Gasteiger partial charge < -0.3 is 4.98 Å². The Labute approximate surface area is 92.3 Å². The number of halogens is 1. The molecule has 0 saturated carbocycles. The van der Waals surface area contributed by atoms with Crippen LogP contribution >= 0.6 is 23.4 Å². The average molecular weight is 233 g/mol. The van der Waals surface area contributed by atoms with Crippen LogP contribution in [-0.2, 0) is 0 Å². The zero-order valence-electron chi connectivity index (χ0n) is 8.05. The Kier molecular flexibility index (Phi) is 5.04. The molecule has 0 radical (unpaired) electrons. The van der Waals surface area contributed by atoms with E-state index in [1.165, 1.54) is 6.07 Å². The fraction of sp³-hybridized carbons (Fsp3) is 0.556. The van der Waals surface area contributed by atoms with E-state index in [9.17, 15) is 4.79 Å². The maximum atomic E-state index is 11.1. The minimum absolute atomic E-state index is 0.0858. The highest BCUT2D eigenvalue weighted by atomic mass is 35.5. The molecule has 0 aliphatic carbocycles. The minimum Gasteiger partial charge on any atom is -0.301 e. The first-order valence-electron chi connectivity index (χ1n) is 4.49. The number of aromatic nitrogens is 2. The Hall–Kier alpha value is -0.480. The van der Waals surface area contributed by atoms with E-state index in [0.717, 1.165) is 24.3 Å². The Morgan fingerprint density at radius 1 is 1.57 bits per heavy atom. The van der Waals surface area contributed by atoms with Crippen LogP contribution in [0.5, 0.6) is 0 Å². The van der Waals surface area contributed by atoms with Crippen molar-refractivity contribution < 1.29 is 0 Å². The Balaban J connectivity index is 2.46. The van der Waals surface area contributed by atoms with Crippen LogP contribution in [0.1, 0.15) is 18.5 Å². The molecule has 14 heavy (non-hydrogen) atoms. The molecule has 1 aromatic rings. The van der Waals surface area contributed by atoms with Gasteiger partial charge in [-0.25, -0.2) is 4.98 Å². The summed E-state index contributed by atoms with van der Waals surface area (Å²) in [4.78, 5) is 18.0. The lowest BCUT2D eigenvalue weighted by Crippen LogP contribution is -2.08. The first kappa shape index (κ1) is 11.6. The summed E-state index contributed by atoms with van der Waals surface area (Å²) in [6.45, 7) is 1.82. The third-order valence-corrected chi connectivity index (χ3v) is 2.84. The molecule has 1 N–H and O–H groups in total. The summed E-state index contributed by atoms with van der Waals surface area (Å²) in [5.41, 5.74) is 0.672. The number of nitrogens with one attached hydrogen (secondary N) is 1. The highest BCUT2D eigenvalue weighted by Crippen LogP contribution is 2.13. The molecule has 0 aliphatic heterocycles. The number of alkyl halides is 1. The lowest BCUT2D eigenvalue weighted by molar-refractivity contribution is 0.879. The van der Waals surface area contributed by atoms with Crippen molar-refractivity contribution in [2.24, 2.45) is 0 Å². The van der Waals surface area contributed by atoms with Gasteiger partial charge in [0.05, 0.1) is 0 Å². The van der Waals surface area contributed by atoms with Gasteiger partial charge in [0.15, 0.2) is 5.16 Å². The number of hydrogen-bond acceptors (Lipinski definition) is 3. The largest absolute Gasteiger partial charge is 0.301 e. The van der Waals surface area contributed by atoms with E-state index >= 15 is 0 Å². The molecule has 5 heteroatoms. The van der Waals surface area contributed by atoms with Crippen molar-refractivity contribution in [2.75, 3.05) is 11.6 Å². The molecule has 3 nitrogen and oxygen atoms in total. The first-order valence-corrected chi connectivity index (χ1v) is 6.01. The van der Waals surface area contributed by atoms with Crippen molar-refractivity contribution in [2.45, 2.75) is 24.9 Å². The van der Waals surface area contributed by atoms with Gasteiger partial charge in [-0.1, -0.05) is 11.8 Å². The average Bonchev–Trinajstić information content (AvgIpc) is 2.11. The Bertz CT molecular complexity index is 340. The van der Waals surface area contributed by atoms with Crippen molar-refractivity contribution >= 4 is 23.4 Å². The maximum absolute atomic E-state index is 11.1. The molecule has 0 unspecified atom stereocenters. The topological polar surface area (TPSA) is 45.8 Å². The molecule has 0 spiro atoms. The number of unbranched alkanes of at least 4 members (excludes halogenated alkanes) is 1. The van der Waals surface area contributed by atoms with Crippen molar-refractivity contribution in [3.05, 3.63) is 22.1 Å². The van der Waals surface area contributed by atoms with Crippen LogP contribution in [0.25, 0.3) is 0 Å². The molecule has 0 atom stereocenters. The number of thioether (sulfide) groups is 1. The molecule has 78 valence electrons. The molecule has 0 aliphatic rings. The first-order chi connectivity index (χ1) is 6.72. The monoisotopic (exact) mass is 232 g/mol. The van der Waals surface area contributed by atoms with Crippen LogP contribution in [0.15, 0.2) is 16.0 Å². The molecular weight excluding hydrogens is 220 g/mol. The zero-order chi connectivity index (χ0) is 10.4. The standard InChI is InChI=1S/C9H13ClN2OS/c1-7-6-8(13)12-9(11-7)14-5-3-2-4-10/h6H,2-5H2,1H3,(H,11,12,13). The summed E-state index contributed by atoms with van der Waals surface area (Å²) in [5, 5.41) is 0.699. The molecule has 1 rings (SSSR count). The molecule has 0 aromatic carbocycles.